The van der Waals surface area contributed by atoms with Gasteiger partial charge in [0.05, 0.1) is 16.8 Å². The first-order valence-electron chi connectivity index (χ1n) is 10.7. The molecule has 0 aliphatic heterocycles. The van der Waals surface area contributed by atoms with Crippen molar-refractivity contribution in [3.63, 3.8) is 0 Å². The van der Waals surface area contributed by atoms with Crippen LogP contribution in [0.5, 0.6) is 11.5 Å². The molecule has 0 unspecified atom stereocenters. The van der Waals surface area contributed by atoms with E-state index in [1.54, 1.807) is 60.7 Å². The van der Waals surface area contributed by atoms with Crippen LogP contribution in [0.1, 0.15) is 11.1 Å². The van der Waals surface area contributed by atoms with Gasteiger partial charge in [0, 0.05) is 17.2 Å². The number of aliphatic hydroxyl groups is 3. The molecule has 0 radical (unpaired) electrons. The molecule has 0 aliphatic carbocycles. The molecule has 0 heterocycles. The van der Waals surface area contributed by atoms with Crippen LogP contribution < -0.4 is 8.92 Å². The Morgan fingerprint density at radius 1 is 0.821 bits per heavy atom. The van der Waals surface area contributed by atoms with Gasteiger partial charge >= 0.3 is 21.8 Å². The lowest BCUT2D eigenvalue weighted by Crippen LogP contribution is -2.35. The summed E-state index contributed by atoms with van der Waals surface area (Å²) in [5.41, 5.74) is -4.87. The maximum atomic E-state index is 14.6. The molecule has 0 aromatic heterocycles. The van der Waals surface area contributed by atoms with Gasteiger partial charge in [-0.2, -0.15) is 26.0 Å². The topological polar surface area (TPSA) is 126 Å². The van der Waals surface area contributed by atoms with E-state index < -0.39 is 55.7 Å². The monoisotopic (exact) mass is 569 g/mol. The lowest BCUT2D eigenvalue weighted by atomic mass is 10.0. The number of ether oxygens (including phenoxy) is 1. The Labute approximate surface area is 216 Å². The third-order valence-electron chi connectivity index (χ3n) is 5.09. The second-order valence-electron chi connectivity index (χ2n) is 7.90. The van der Waals surface area contributed by atoms with E-state index >= 15 is 0 Å². The number of nitrogens with zero attached hydrogens (tertiary/aromatic N) is 1. The molecule has 0 spiro atoms. The highest BCUT2D eigenvalue weighted by molar-refractivity contribution is 7.88. The molecular weight excluding hydrogens is 553 g/mol. The summed E-state index contributed by atoms with van der Waals surface area (Å²) in [4.78, 5) is 4.41. The zero-order chi connectivity index (χ0) is 28.6. The average Bonchev–Trinajstić information content (AvgIpc) is 2.84. The molecule has 14 heteroatoms. The highest BCUT2D eigenvalue weighted by Crippen LogP contribution is 2.43. The Hall–Kier alpha value is -4.11. The van der Waals surface area contributed by atoms with Crippen molar-refractivity contribution in [1.82, 2.24) is 0 Å². The largest absolute Gasteiger partial charge is 0.534 e. The summed E-state index contributed by atoms with van der Waals surface area (Å²) in [6.07, 6.45) is -4.13. The highest BCUT2D eigenvalue weighted by atomic mass is 32.2. The van der Waals surface area contributed by atoms with Gasteiger partial charge in [-0.05, 0) is 17.5 Å². The Balaban J connectivity index is 2.05. The van der Waals surface area contributed by atoms with Crippen LogP contribution in [0.2, 0.25) is 0 Å². The molecule has 0 saturated carbocycles. The predicted molar refractivity (Wildman–Crippen MR) is 128 cm³/mol. The smallest absolute Gasteiger partial charge is 0.413 e. The fourth-order valence-corrected chi connectivity index (χ4v) is 4.00. The van der Waals surface area contributed by atoms with E-state index in [9.17, 15) is 30.4 Å². The molecule has 3 N–H and O–H groups in total. The van der Waals surface area contributed by atoms with Crippen LogP contribution in [0.25, 0.3) is 10.8 Å². The molecule has 0 bridgehead atoms. The molecule has 4 rings (SSSR count). The Bertz CT molecular complexity index is 1610. The van der Waals surface area contributed by atoms with Crippen molar-refractivity contribution < 1.29 is 54.6 Å². The average molecular weight is 569 g/mol. The van der Waals surface area contributed by atoms with E-state index in [1.165, 1.54) is 0 Å². The van der Waals surface area contributed by atoms with Gasteiger partial charge in [0.2, 0.25) is 5.82 Å². The second-order valence-corrected chi connectivity index (χ2v) is 9.43. The number of halogens is 5. The van der Waals surface area contributed by atoms with Crippen molar-refractivity contribution in [3.05, 3.63) is 102 Å². The van der Waals surface area contributed by atoms with Crippen LogP contribution in [0.4, 0.5) is 27.6 Å². The van der Waals surface area contributed by atoms with Gasteiger partial charge in [0.15, 0.2) is 17.3 Å². The molecule has 39 heavy (non-hydrogen) atoms. The molecule has 204 valence electrons. The van der Waals surface area contributed by atoms with Gasteiger partial charge in [-0.15, -0.1) is 0 Å². The lowest BCUT2D eigenvalue weighted by Gasteiger charge is -2.20. The third-order valence-corrected chi connectivity index (χ3v) is 6.06. The number of rotatable bonds is 7. The normalized spacial score (nSPS) is 12.3. The zero-order valence-electron chi connectivity index (χ0n) is 19.2. The first kappa shape index (κ1) is 27.9. The van der Waals surface area contributed by atoms with Gasteiger partial charge in [-0.3, -0.25) is 0 Å². The maximum absolute atomic E-state index is 14.6. The van der Waals surface area contributed by atoms with E-state index in [4.69, 9.17) is 15.3 Å². The van der Waals surface area contributed by atoms with Crippen LogP contribution in [0.15, 0.2) is 83.9 Å². The van der Waals surface area contributed by atoms with Crippen molar-refractivity contribution in [3.8, 4) is 11.5 Å². The number of hydrogen-bond donors (Lipinski definition) is 3. The van der Waals surface area contributed by atoms with Gasteiger partial charge in [0.1, 0.15) is 0 Å². The minimum absolute atomic E-state index is 0.263. The lowest BCUT2D eigenvalue weighted by molar-refractivity contribution is -0.419. The molecule has 0 aliphatic rings. The van der Waals surface area contributed by atoms with Crippen molar-refractivity contribution >= 4 is 32.3 Å². The number of hydrogen-bond acceptors (Lipinski definition) is 8. The Morgan fingerprint density at radius 2 is 1.36 bits per heavy atom. The minimum atomic E-state index is -6.38. The van der Waals surface area contributed by atoms with Crippen LogP contribution in [0, 0.1) is 11.6 Å². The predicted octanol–water partition coefficient (Wildman–Crippen LogP) is 4.48. The molecule has 8 nitrogen and oxygen atoms in total. The van der Waals surface area contributed by atoms with E-state index in [2.05, 4.69) is 13.9 Å². The number of alkyl halides is 3. The molecular formula is C25H16F5NO7S. The molecule has 0 fully saturated rings. The minimum Gasteiger partial charge on any atom is -0.413 e. The van der Waals surface area contributed by atoms with Crippen molar-refractivity contribution in [1.29, 1.82) is 0 Å². The molecule has 4 aromatic carbocycles. The zero-order valence-corrected chi connectivity index (χ0v) is 20.0. The van der Waals surface area contributed by atoms with E-state index in [1.807, 2.05) is 0 Å². The fourth-order valence-electron chi connectivity index (χ4n) is 3.54. The molecule has 4 aromatic rings. The van der Waals surface area contributed by atoms with Gasteiger partial charge in [-0.1, -0.05) is 60.7 Å². The van der Waals surface area contributed by atoms with Gasteiger partial charge < -0.3 is 24.2 Å². The molecule has 0 saturated heterocycles. The van der Waals surface area contributed by atoms with Crippen LogP contribution in [-0.2, 0) is 10.1 Å². The number of fused-ring (bicyclic) bond motifs is 1. The van der Waals surface area contributed by atoms with E-state index in [-0.39, 0.29) is 11.4 Å². The standard InChI is InChI=1S/C25H16F5NO7S/c26-18-12-16-11-17(31-22(14-7-3-1-4-8-14)15-9-5-2-6-10-15)13-19(38-39(35,36)24(28,29)30)20(16)23(21(18)27)37-25(32,33)34/h1-13,32-34H. The Kier molecular flexibility index (Phi) is 7.32. The molecule has 0 atom stereocenters. The van der Waals surface area contributed by atoms with Crippen molar-refractivity contribution in [2.24, 2.45) is 4.99 Å². The highest BCUT2D eigenvalue weighted by Gasteiger charge is 2.49. The summed E-state index contributed by atoms with van der Waals surface area (Å²) in [7, 11) is -6.38. The van der Waals surface area contributed by atoms with Crippen molar-refractivity contribution in [2.45, 2.75) is 11.7 Å². The van der Waals surface area contributed by atoms with Crippen LogP contribution in [-0.4, -0.2) is 41.1 Å². The number of aliphatic imine (C=N–C) groups is 1. The van der Waals surface area contributed by atoms with Crippen LogP contribution in [0.3, 0.4) is 0 Å². The van der Waals surface area contributed by atoms with Gasteiger partial charge in [-0.25, -0.2) is 9.38 Å². The second kappa shape index (κ2) is 10.2. The summed E-state index contributed by atoms with van der Waals surface area (Å²) in [6.45, 7) is 0. The summed E-state index contributed by atoms with van der Waals surface area (Å²) < 4.78 is 101. The first-order valence-corrected chi connectivity index (χ1v) is 12.1. The maximum Gasteiger partial charge on any atom is 0.534 e. The van der Waals surface area contributed by atoms with E-state index in [0.29, 0.717) is 23.3 Å². The summed E-state index contributed by atoms with van der Waals surface area (Å²) in [5.74, 6) is -6.50. The van der Waals surface area contributed by atoms with E-state index in [0.717, 1.165) is 6.07 Å². The number of benzene rings is 4. The summed E-state index contributed by atoms with van der Waals surface area (Å²) in [6, 6.07) is 19.0. The summed E-state index contributed by atoms with van der Waals surface area (Å²) in [5, 5.41) is 26.0. The first-order chi connectivity index (χ1) is 18.2. The third kappa shape index (κ3) is 6.15. The molecule has 0 amide bonds. The SMILES string of the molecule is O=S(=O)(Oc1cc(N=C(c2ccccc2)c2ccccc2)cc2cc(F)c(F)c(OC(O)(O)O)c12)C(F)(F)F. The quantitative estimate of drug-likeness (QED) is 0.0985. The Morgan fingerprint density at radius 3 is 1.85 bits per heavy atom. The van der Waals surface area contributed by atoms with Crippen LogP contribution >= 0.6 is 0 Å². The van der Waals surface area contributed by atoms with Gasteiger partial charge in [0.25, 0.3) is 0 Å². The summed E-state index contributed by atoms with van der Waals surface area (Å²) >= 11 is 0. The van der Waals surface area contributed by atoms with Crippen molar-refractivity contribution in [2.75, 3.05) is 0 Å². The fraction of sp³-hybridized carbons (Fsp3) is 0.0800.